The molecule has 39 heavy (non-hydrogen) atoms. The maximum Gasteiger partial charge on any atom is 0.419 e. The molecule has 0 saturated heterocycles. The summed E-state index contributed by atoms with van der Waals surface area (Å²) in [5, 5.41) is 2.38. The second-order valence-electron chi connectivity index (χ2n) is 7.88. The number of halogens is 11. The van der Waals surface area contributed by atoms with Gasteiger partial charge < -0.3 is 5.32 Å². The van der Waals surface area contributed by atoms with Crippen molar-refractivity contribution in [1.29, 1.82) is 0 Å². The van der Waals surface area contributed by atoms with Gasteiger partial charge in [0.15, 0.2) is 5.78 Å². The summed E-state index contributed by atoms with van der Waals surface area (Å²) < 4.78 is 149. The highest BCUT2D eigenvalue weighted by atomic mass is 19.4. The highest BCUT2D eigenvalue weighted by Gasteiger charge is 2.42. The summed E-state index contributed by atoms with van der Waals surface area (Å²) in [7, 11) is 0. The molecule has 1 atom stereocenters. The highest BCUT2D eigenvalue weighted by molar-refractivity contribution is 6.00. The third-order valence-electron chi connectivity index (χ3n) is 5.19. The topological polar surface area (TPSA) is 54.9 Å². The molecule has 1 N–H and O–H groups in total. The molecular weight excluding hydrogens is 555 g/mol. The van der Waals surface area contributed by atoms with E-state index in [9.17, 15) is 53.1 Å². The van der Waals surface area contributed by atoms with Crippen molar-refractivity contribution >= 4 is 17.6 Å². The Labute approximate surface area is 212 Å². The van der Waals surface area contributed by atoms with Crippen LogP contribution >= 0.6 is 0 Å². The smallest absolute Gasteiger partial charge is 0.347 e. The molecule has 0 saturated carbocycles. The second-order valence-corrected chi connectivity index (χ2v) is 7.88. The molecular formula is C24H14F11N3O. The fourth-order valence-electron chi connectivity index (χ4n) is 3.39. The zero-order valence-electron chi connectivity index (χ0n) is 19.0. The average Bonchev–Trinajstić information content (AvgIpc) is 2.84. The molecule has 4 nitrogen and oxygen atoms in total. The SMILES string of the molecule is O=C(CNc1ncccn1)c1ccc(/C(F)=C/C(c2ccc(F)c(C(F)(F)F)c2)C(F)(F)F)cc1C(F)(F)F. The largest absolute Gasteiger partial charge is 0.419 e. The minimum Gasteiger partial charge on any atom is -0.347 e. The summed E-state index contributed by atoms with van der Waals surface area (Å²) in [5.41, 5.74) is -6.90. The quantitative estimate of drug-likeness (QED) is 0.235. The van der Waals surface area contributed by atoms with Crippen LogP contribution in [0, 0.1) is 5.82 Å². The van der Waals surface area contributed by atoms with Crippen molar-refractivity contribution in [2.24, 2.45) is 0 Å². The number of hydrogen-bond acceptors (Lipinski definition) is 4. The van der Waals surface area contributed by atoms with Gasteiger partial charge in [-0.3, -0.25) is 4.79 Å². The molecule has 0 spiro atoms. The Morgan fingerprint density at radius 1 is 0.872 bits per heavy atom. The molecule has 3 rings (SSSR count). The summed E-state index contributed by atoms with van der Waals surface area (Å²) >= 11 is 0. The van der Waals surface area contributed by atoms with Crippen molar-refractivity contribution in [3.63, 3.8) is 0 Å². The van der Waals surface area contributed by atoms with Gasteiger partial charge in [-0.1, -0.05) is 18.2 Å². The van der Waals surface area contributed by atoms with Gasteiger partial charge in [-0.2, -0.15) is 39.5 Å². The van der Waals surface area contributed by atoms with E-state index >= 15 is 0 Å². The van der Waals surface area contributed by atoms with Crippen LogP contribution in [-0.4, -0.2) is 28.5 Å². The van der Waals surface area contributed by atoms with E-state index in [0.29, 0.717) is 18.2 Å². The predicted molar refractivity (Wildman–Crippen MR) is 116 cm³/mol. The number of benzene rings is 2. The first-order chi connectivity index (χ1) is 18.0. The van der Waals surface area contributed by atoms with Crippen molar-refractivity contribution in [2.75, 3.05) is 11.9 Å². The Balaban J connectivity index is 2.00. The number of nitrogens with zero attached hydrogens (tertiary/aromatic N) is 2. The number of Topliss-reactive ketones (excluding diaryl/α,β-unsaturated/α-hetero) is 1. The standard InChI is InChI=1S/C24H14F11N3O/c25-18-5-3-12(8-17(18)24(33,34)35)15(22(27,28)29)10-19(26)13-2-4-14(16(9-13)23(30,31)32)20(39)11-38-21-36-6-1-7-37-21/h1-10,15H,11H2,(H,36,37,38)/b19-10-. The summed E-state index contributed by atoms with van der Waals surface area (Å²) in [6.07, 6.45) is -13.7. The van der Waals surface area contributed by atoms with Gasteiger partial charge in [0.05, 0.1) is 17.7 Å². The van der Waals surface area contributed by atoms with Crippen molar-refractivity contribution < 1.29 is 53.1 Å². The number of nitrogens with one attached hydrogen (secondary N) is 1. The van der Waals surface area contributed by atoms with Crippen LogP contribution in [0.25, 0.3) is 5.83 Å². The fraction of sp³-hybridized carbons (Fsp3) is 0.208. The lowest BCUT2D eigenvalue weighted by molar-refractivity contribution is -0.143. The normalized spacial score (nSPS) is 13.8. The third-order valence-corrected chi connectivity index (χ3v) is 5.19. The first-order valence-electron chi connectivity index (χ1n) is 10.5. The van der Waals surface area contributed by atoms with Crippen LogP contribution in [0.1, 0.15) is 38.5 Å². The van der Waals surface area contributed by atoms with E-state index < -0.39 is 76.2 Å². The van der Waals surface area contributed by atoms with E-state index in [1.54, 1.807) is 0 Å². The zero-order chi connectivity index (χ0) is 29.2. The first kappa shape index (κ1) is 29.5. The van der Waals surface area contributed by atoms with Crippen molar-refractivity contribution in [1.82, 2.24) is 9.97 Å². The minimum atomic E-state index is -5.41. The molecule has 0 aliphatic heterocycles. The molecule has 2 aromatic carbocycles. The molecule has 1 heterocycles. The molecule has 15 heteroatoms. The Hall–Kier alpha value is -4.04. The van der Waals surface area contributed by atoms with Crippen LogP contribution in [0.4, 0.5) is 54.2 Å². The second kappa shape index (κ2) is 11.0. The monoisotopic (exact) mass is 569 g/mol. The Bertz CT molecular complexity index is 1360. The third kappa shape index (κ3) is 7.29. The van der Waals surface area contributed by atoms with E-state index in [4.69, 9.17) is 0 Å². The van der Waals surface area contributed by atoms with Gasteiger partial charge in [0, 0.05) is 23.5 Å². The maximum absolute atomic E-state index is 14.9. The van der Waals surface area contributed by atoms with Crippen LogP contribution in [0.15, 0.2) is 60.9 Å². The van der Waals surface area contributed by atoms with Gasteiger partial charge in [-0.05, 0) is 35.9 Å². The minimum absolute atomic E-state index is 0.0855. The van der Waals surface area contributed by atoms with Crippen LogP contribution in [-0.2, 0) is 12.4 Å². The molecule has 0 aliphatic rings. The van der Waals surface area contributed by atoms with Crippen molar-refractivity contribution in [3.8, 4) is 0 Å². The van der Waals surface area contributed by atoms with Gasteiger partial charge in [0.1, 0.15) is 17.6 Å². The number of alkyl halides is 9. The summed E-state index contributed by atoms with van der Waals surface area (Å²) in [4.78, 5) is 19.8. The lowest BCUT2D eigenvalue weighted by Crippen LogP contribution is -2.21. The maximum atomic E-state index is 14.9. The molecule has 0 radical (unpaired) electrons. The van der Waals surface area contributed by atoms with Gasteiger partial charge >= 0.3 is 18.5 Å². The number of aromatic nitrogens is 2. The van der Waals surface area contributed by atoms with Crippen molar-refractivity contribution in [3.05, 3.63) is 94.6 Å². The predicted octanol–water partition coefficient (Wildman–Crippen LogP) is 7.60. The molecule has 1 aromatic heterocycles. The molecule has 0 amide bonds. The summed E-state index contributed by atoms with van der Waals surface area (Å²) in [6.45, 7) is -0.715. The summed E-state index contributed by atoms with van der Waals surface area (Å²) in [6, 6.07) is 2.97. The van der Waals surface area contributed by atoms with Gasteiger partial charge in [0.2, 0.25) is 5.95 Å². The number of rotatable bonds is 7. The lowest BCUT2D eigenvalue weighted by atomic mass is 9.93. The van der Waals surface area contributed by atoms with Crippen LogP contribution in [0.5, 0.6) is 0 Å². The number of ketones is 1. The van der Waals surface area contributed by atoms with Crippen LogP contribution in [0.3, 0.4) is 0 Å². The van der Waals surface area contributed by atoms with Crippen LogP contribution < -0.4 is 5.32 Å². The van der Waals surface area contributed by atoms with E-state index in [-0.39, 0.29) is 30.2 Å². The molecule has 208 valence electrons. The number of hydrogen-bond donors (Lipinski definition) is 1. The number of allylic oxidation sites excluding steroid dienone is 1. The molecule has 0 bridgehead atoms. The Kier molecular flexibility index (Phi) is 8.31. The van der Waals surface area contributed by atoms with E-state index in [2.05, 4.69) is 15.3 Å². The molecule has 0 fully saturated rings. The highest BCUT2D eigenvalue weighted by Crippen LogP contribution is 2.42. The van der Waals surface area contributed by atoms with Gasteiger partial charge in [-0.15, -0.1) is 0 Å². The average molecular weight is 569 g/mol. The van der Waals surface area contributed by atoms with E-state index in [0.717, 1.165) is 0 Å². The Morgan fingerprint density at radius 2 is 1.49 bits per heavy atom. The fourth-order valence-corrected chi connectivity index (χ4v) is 3.39. The van der Waals surface area contributed by atoms with Gasteiger partial charge in [0.25, 0.3) is 0 Å². The molecule has 1 unspecified atom stereocenters. The number of carbonyl (C=O) groups excluding carboxylic acids is 1. The number of carbonyl (C=O) groups is 1. The first-order valence-corrected chi connectivity index (χ1v) is 10.5. The van der Waals surface area contributed by atoms with Gasteiger partial charge in [-0.25, -0.2) is 18.7 Å². The van der Waals surface area contributed by atoms with Crippen molar-refractivity contribution in [2.45, 2.75) is 24.4 Å². The van der Waals surface area contributed by atoms with Crippen LogP contribution in [0.2, 0.25) is 0 Å². The van der Waals surface area contributed by atoms with E-state index in [1.165, 1.54) is 18.5 Å². The lowest BCUT2D eigenvalue weighted by Gasteiger charge is -2.20. The van der Waals surface area contributed by atoms with E-state index in [1.807, 2.05) is 0 Å². The molecule has 0 aliphatic carbocycles. The number of anilines is 1. The zero-order valence-corrected chi connectivity index (χ0v) is 19.0. The summed E-state index contributed by atoms with van der Waals surface area (Å²) in [5.74, 6) is -8.05. The molecule has 3 aromatic rings. The Morgan fingerprint density at radius 3 is 2.05 bits per heavy atom.